The minimum Gasteiger partial charge on any atom is -0.381 e. The van der Waals surface area contributed by atoms with Gasteiger partial charge in [0.2, 0.25) is 0 Å². The van der Waals surface area contributed by atoms with Gasteiger partial charge in [-0.05, 0) is 31.7 Å². The van der Waals surface area contributed by atoms with Crippen LogP contribution in [0.1, 0.15) is 46.0 Å². The standard InChI is InChI=1S/C12H25NO/c1-10(2)13-9-8-11-6-4-5-7-12(11)14-3/h10-13H,4-9H2,1-3H3/t11-,12+/m0/s1. The first-order chi connectivity index (χ1) is 6.74. The van der Waals surface area contributed by atoms with Crippen molar-refractivity contribution in [2.75, 3.05) is 13.7 Å². The summed E-state index contributed by atoms with van der Waals surface area (Å²) in [7, 11) is 1.86. The fourth-order valence-corrected chi connectivity index (χ4v) is 2.37. The molecule has 0 aromatic rings. The summed E-state index contributed by atoms with van der Waals surface area (Å²) >= 11 is 0. The Morgan fingerprint density at radius 2 is 2.00 bits per heavy atom. The monoisotopic (exact) mass is 199 g/mol. The second kappa shape index (κ2) is 6.41. The van der Waals surface area contributed by atoms with Crippen LogP contribution in [0.25, 0.3) is 0 Å². The Bertz CT molecular complexity index is 147. The summed E-state index contributed by atoms with van der Waals surface area (Å²) in [5, 5.41) is 3.48. The highest BCUT2D eigenvalue weighted by Gasteiger charge is 2.24. The lowest BCUT2D eigenvalue weighted by molar-refractivity contribution is 0.0204. The van der Waals surface area contributed by atoms with Gasteiger partial charge in [0.15, 0.2) is 0 Å². The van der Waals surface area contributed by atoms with Gasteiger partial charge in [0.1, 0.15) is 0 Å². The van der Waals surface area contributed by atoms with Crippen LogP contribution in [0.3, 0.4) is 0 Å². The van der Waals surface area contributed by atoms with Crippen molar-refractivity contribution in [3.05, 3.63) is 0 Å². The molecule has 1 rings (SSSR count). The Hall–Kier alpha value is -0.0800. The van der Waals surface area contributed by atoms with Crippen molar-refractivity contribution in [3.63, 3.8) is 0 Å². The van der Waals surface area contributed by atoms with E-state index in [4.69, 9.17) is 4.74 Å². The molecule has 0 heterocycles. The van der Waals surface area contributed by atoms with Crippen molar-refractivity contribution in [2.45, 2.75) is 58.1 Å². The Morgan fingerprint density at radius 3 is 2.64 bits per heavy atom. The Kier molecular flexibility index (Phi) is 5.49. The van der Waals surface area contributed by atoms with E-state index in [1.165, 1.54) is 32.1 Å². The van der Waals surface area contributed by atoms with E-state index in [0.717, 1.165) is 12.5 Å². The van der Waals surface area contributed by atoms with E-state index in [1.807, 2.05) is 7.11 Å². The van der Waals surface area contributed by atoms with Gasteiger partial charge in [-0.25, -0.2) is 0 Å². The lowest BCUT2D eigenvalue weighted by Gasteiger charge is -2.30. The first kappa shape index (κ1) is 12.0. The van der Waals surface area contributed by atoms with Crippen molar-refractivity contribution in [3.8, 4) is 0 Å². The highest BCUT2D eigenvalue weighted by molar-refractivity contribution is 4.76. The summed E-state index contributed by atoms with van der Waals surface area (Å²) in [4.78, 5) is 0. The van der Waals surface area contributed by atoms with Gasteiger partial charge in [-0.3, -0.25) is 0 Å². The summed E-state index contributed by atoms with van der Waals surface area (Å²) < 4.78 is 5.53. The molecule has 0 amide bonds. The Balaban J connectivity index is 2.19. The first-order valence-electron chi connectivity index (χ1n) is 6.00. The highest BCUT2D eigenvalue weighted by atomic mass is 16.5. The van der Waals surface area contributed by atoms with E-state index in [1.54, 1.807) is 0 Å². The second-order valence-corrected chi connectivity index (χ2v) is 4.72. The maximum Gasteiger partial charge on any atom is 0.0600 e. The van der Waals surface area contributed by atoms with E-state index >= 15 is 0 Å². The van der Waals surface area contributed by atoms with Crippen LogP contribution >= 0.6 is 0 Å². The largest absolute Gasteiger partial charge is 0.381 e. The van der Waals surface area contributed by atoms with Crippen LogP contribution in [0, 0.1) is 5.92 Å². The van der Waals surface area contributed by atoms with Crippen molar-refractivity contribution in [1.82, 2.24) is 5.32 Å². The molecule has 1 aliphatic rings. The number of hydrogen-bond acceptors (Lipinski definition) is 2. The van der Waals surface area contributed by atoms with Crippen molar-refractivity contribution >= 4 is 0 Å². The molecule has 1 fully saturated rings. The van der Waals surface area contributed by atoms with Crippen LogP contribution in [0.2, 0.25) is 0 Å². The molecular formula is C12H25NO. The molecule has 0 aliphatic heterocycles. The molecule has 0 bridgehead atoms. The van der Waals surface area contributed by atoms with Gasteiger partial charge in [0.05, 0.1) is 6.10 Å². The third-order valence-electron chi connectivity index (χ3n) is 3.21. The van der Waals surface area contributed by atoms with Crippen LogP contribution in [0.15, 0.2) is 0 Å². The molecule has 0 spiro atoms. The minimum absolute atomic E-state index is 0.526. The van der Waals surface area contributed by atoms with E-state index in [2.05, 4.69) is 19.2 Å². The summed E-state index contributed by atoms with van der Waals surface area (Å²) in [5.74, 6) is 0.792. The molecule has 1 saturated carbocycles. The Morgan fingerprint density at radius 1 is 1.29 bits per heavy atom. The molecule has 1 N–H and O–H groups in total. The number of hydrogen-bond donors (Lipinski definition) is 1. The fourth-order valence-electron chi connectivity index (χ4n) is 2.37. The lowest BCUT2D eigenvalue weighted by atomic mass is 9.84. The molecular weight excluding hydrogens is 174 g/mol. The zero-order chi connectivity index (χ0) is 10.4. The molecule has 2 heteroatoms. The van der Waals surface area contributed by atoms with E-state index in [-0.39, 0.29) is 0 Å². The zero-order valence-corrected chi connectivity index (χ0v) is 9.88. The van der Waals surface area contributed by atoms with Crippen molar-refractivity contribution in [2.24, 2.45) is 5.92 Å². The summed E-state index contributed by atoms with van der Waals surface area (Å²) in [6.07, 6.45) is 7.18. The second-order valence-electron chi connectivity index (χ2n) is 4.72. The van der Waals surface area contributed by atoms with Gasteiger partial charge >= 0.3 is 0 Å². The number of rotatable bonds is 5. The smallest absolute Gasteiger partial charge is 0.0600 e. The van der Waals surface area contributed by atoms with Gasteiger partial charge in [-0.15, -0.1) is 0 Å². The molecule has 14 heavy (non-hydrogen) atoms. The summed E-state index contributed by atoms with van der Waals surface area (Å²) in [5.41, 5.74) is 0. The number of ether oxygens (including phenoxy) is 1. The van der Waals surface area contributed by atoms with E-state index in [9.17, 15) is 0 Å². The molecule has 0 aromatic carbocycles. The average Bonchev–Trinajstić information content (AvgIpc) is 2.18. The number of methoxy groups -OCH3 is 1. The summed E-state index contributed by atoms with van der Waals surface area (Å²) in [6, 6.07) is 0.611. The molecule has 84 valence electrons. The van der Waals surface area contributed by atoms with Crippen molar-refractivity contribution < 1.29 is 4.74 Å². The topological polar surface area (TPSA) is 21.3 Å². The fraction of sp³-hybridized carbons (Fsp3) is 1.00. The van der Waals surface area contributed by atoms with Crippen LogP contribution in [-0.2, 0) is 4.74 Å². The highest BCUT2D eigenvalue weighted by Crippen LogP contribution is 2.28. The molecule has 2 nitrogen and oxygen atoms in total. The SMILES string of the molecule is CO[C@@H]1CCCC[C@H]1CCNC(C)C. The quantitative estimate of drug-likeness (QED) is 0.735. The van der Waals surface area contributed by atoms with Gasteiger partial charge in [0.25, 0.3) is 0 Å². The maximum atomic E-state index is 5.53. The molecule has 0 unspecified atom stereocenters. The molecule has 2 atom stereocenters. The van der Waals surface area contributed by atoms with Gasteiger partial charge in [-0.2, -0.15) is 0 Å². The molecule has 0 saturated heterocycles. The molecule has 1 aliphatic carbocycles. The van der Waals surface area contributed by atoms with Crippen LogP contribution in [0.5, 0.6) is 0 Å². The summed E-state index contributed by atoms with van der Waals surface area (Å²) in [6.45, 7) is 5.55. The average molecular weight is 199 g/mol. The minimum atomic E-state index is 0.526. The van der Waals surface area contributed by atoms with Crippen molar-refractivity contribution in [1.29, 1.82) is 0 Å². The van der Waals surface area contributed by atoms with Crippen LogP contribution in [0.4, 0.5) is 0 Å². The predicted octanol–water partition coefficient (Wildman–Crippen LogP) is 2.58. The van der Waals surface area contributed by atoms with E-state index < -0.39 is 0 Å². The Labute approximate surface area is 88.4 Å². The maximum absolute atomic E-state index is 5.53. The lowest BCUT2D eigenvalue weighted by Crippen LogP contribution is -2.31. The van der Waals surface area contributed by atoms with Gasteiger partial charge < -0.3 is 10.1 Å². The zero-order valence-electron chi connectivity index (χ0n) is 9.88. The first-order valence-corrected chi connectivity index (χ1v) is 6.00. The third kappa shape index (κ3) is 3.97. The van der Waals surface area contributed by atoms with Crippen LogP contribution in [-0.4, -0.2) is 25.8 Å². The molecule has 0 aromatic heterocycles. The number of nitrogens with one attached hydrogen (secondary N) is 1. The van der Waals surface area contributed by atoms with E-state index in [0.29, 0.717) is 12.1 Å². The van der Waals surface area contributed by atoms with Gasteiger partial charge in [0, 0.05) is 13.2 Å². The van der Waals surface area contributed by atoms with Gasteiger partial charge in [-0.1, -0.05) is 26.7 Å². The third-order valence-corrected chi connectivity index (χ3v) is 3.21. The normalized spacial score (nSPS) is 28.3. The predicted molar refractivity (Wildman–Crippen MR) is 60.5 cm³/mol. The van der Waals surface area contributed by atoms with Crippen LogP contribution < -0.4 is 5.32 Å². The molecule has 0 radical (unpaired) electrons.